The second-order valence-electron chi connectivity index (χ2n) is 7.90. The minimum absolute atomic E-state index is 0.224. The number of nitrogens with zero attached hydrogens (tertiary/aromatic N) is 2. The summed E-state index contributed by atoms with van der Waals surface area (Å²) in [5.41, 5.74) is 2.66. The molecule has 0 aromatic heterocycles. The van der Waals surface area contributed by atoms with Crippen molar-refractivity contribution in [3.8, 4) is 0 Å². The van der Waals surface area contributed by atoms with Crippen LogP contribution in [0.25, 0.3) is 0 Å². The van der Waals surface area contributed by atoms with Gasteiger partial charge < -0.3 is 14.5 Å². The molecule has 0 unspecified atom stereocenters. The fraction of sp³-hybridized carbons (Fsp3) is 0.762. The Morgan fingerprint density at radius 3 is 2.08 bits per heavy atom. The van der Waals surface area contributed by atoms with Crippen molar-refractivity contribution in [2.24, 2.45) is 11.8 Å². The van der Waals surface area contributed by atoms with Gasteiger partial charge in [0.05, 0.1) is 13.2 Å². The summed E-state index contributed by atoms with van der Waals surface area (Å²) in [6, 6.07) is 0. The van der Waals surface area contributed by atoms with E-state index in [2.05, 4.69) is 18.1 Å². The van der Waals surface area contributed by atoms with Crippen molar-refractivity contribution in [2.45, 2.75) is 51.4 Å². The van der Waals surface area contributed by atoms with Gasteiger partial charge in [-0.25, -0.2) is 0 Å². The largest absolute Gasteiger partial charge is 0.378 e. The predicted molar refractivity (Wildman–Crippen MR) is 101 cm³/mol. The van der Waals surface area contributed by atoms with Crippen LogP contribution in [-0.4, -0.2) is 55.1 Å². The molecule has 3 aliphatic rings. The number of hydrogen-bond donors (Lipinski definition) is 0. The summed E-state index contributed by atoms with van der Waals surface area (Å²) in [7, 11) is 0. The second kappa shape index (κ2) is 8.88. The Morgan fingerprint density at radius 1 is 0.840 bits per heavy atom. The van der Waals surface area contributed by atoms with Gasteiger partial charge in [-0.3, -0.25) is 4.79 Å². The number of rotatable bonds is 6. The Bertz CT molecular complexity index is 482. The van der Waals surface area contributed by atoms with Gasteiger partial charge in [0.25, 0.3) is 0 Å². The van der Waals surface area contributed by atoms with Crippen LogP contribution < -0.4 is 0 Å². The SMILES string of the molecule is C=C(CCC(=C)[C@H]1CC[C@H](C(=O)N2CCOCC2)CC1)N1CCCC1. The van der Waals surface area contributed by atoms with E-state index in [9.17, 15) is 4.79 Å². The molecule has 140 valence electrons. The van der Waals surface area contributed by atoms with E-state index in [4.69, 9.17) is 4.74 Å². The predicted octanol–water partition coefficient (Wildman–Crippen LogP) is 3.60. The molecule has 0 spiro atoms. The molecule has 1 aliphatic carbocycles. The van der Waals surface area contributed by atoms with Gasteiger partial charge in [-0.1, -0.05) is 18.7 Å². The summed E-state index contributed by atoms with van der Waals surface area (Å²) < 4.78 is 5.35. The van der Waals surface area contributed by atoms with Gasteiger partial charge in [0, 0.05) is 37.8 Å². The van der Waals surface area contributed by atoms with E-state index < -0.39 is 0 Å². The molecule has 2 heterocycles. The first kappa shape index (κ1) is 18.5. The quantitative estimate of drug-likeness (QED) is 0.689. The fourth-order valence-corrected chi connectivity index (χ4v) is 4.49. The van der Waals surface area contributed by atoms with E-state index in [0.717, 1.165) is 51.6 Å². The number of carbonyl (C=O) groups is 1. The first-order valence-corrected chi connectivity index (χ1v) is 10.1. The van der Waals surface area contributed by atoms with Crippen molar-refractivity contribution < 1.29 is 9.53 Å². The van der Waals surface area contributed by atoms with E-state index in [1.165, 1.54) is 37.2 Å². The highest BCUT2D eigenvalue weighted by molar-refractivity contribution is 5.79. The van der Waals surface area contributed by atoms with Crippen molar-refractivity contribution in [3.05, 3.63) is 24.4 Å². The van der Waals surface area contributed by atoms with E-state index in [0.29, 0.717) is 25.0 Å². The summed E-state index contributed by atoms with van der Waals surface area (Å²) >= 11 is 0. The van der Waals surface area contributed by atoms with Crippen LogP contribution in [0.1, 0.15) is 51.4 Å². The zero-order valence-electron chi connectivity index (χ0n) is 15.7. The number of likely N-dealkylation sites (tertiary alicyclic amines) is 1. The molecule has 0 atom stereocenters. The lowest BCUT2D eigenvalue weighted by Crippen LogP contribution is -2.44. The number of carbonyl (C=O) groups excluding carboxylic acids is 1. The van der Waals surface area contributed by atoms with Gasteiger partial charge in [0.15, 0.2) is 0 Å². The zero-order chi connectivity index (χ0) is 17.6. The van der Waals surface area contributed by atoms with E-state index in [-0.39, 0.29) is 5.92 Å². The Kier molecular flexibility index (Phi) is 6.57. The first-order chi connectivity index (χ1) is 12.1. The third-order valence-corrected chi connectivity index (χ3v) is 6.26. The Hall–Kier alpha value is -1.29. The van der Waals surface area contributed by atoms with Crippen molar-refractivity contribution >= 4 is 5.91 Å². The number of ether oxygens (including phenoxy) is 1. The van der Waals surface area contributed by atoms with E-state index in [1.54, 1.807) is 0 Å². The standard InChI is InChI=1S/C21H34N2O2/c1-17(5-6-18(2)22-11-3-4-12-22)19-7-9-20(10-8-19)21(24)23-13-15-25-16-14-23/h19-20H,1-16H2/t19-,20-. The van der Waals surface area contributed by atoms with Crippen LogP contribution in [0, 0.1) is 11.8 Å². The van der Waals surface area contributed by atoms with Crippen LogP contribution in [0.5, 0.6) is 0 Å². The Labute approximate surface area is 152 Å². The summed E-state index contributed by atoms with van der Waals surface area (Å²) in [6.07, 6.45) is 9.00. The third kappa shape index (κ3) is 4.87. The molecule has 1 saturated carbocycles. The lowest BCUT2D eigenvalue weighted by Gasteiger charge is -2.34. The van der Waals surface area contributed by atoms with Gasteiger partial charge in [0.2, 0.25) is 5.91 Å². The average Bonchev–Trinajstić information content (AvgIpc) is 3.21. The number of amides is 1. The van der Waals surface area contributed by atoms with Gasteiger partial charge in [-0.05, 0) is 57.3 Å². The number of allylic oxidation sites excluding steroid dienone is 2. The number of hydrogen-bond acceptors (Lipinski definition) is 3. The molecular weight excluding hydrogens is 312 g/mol. The van der Waals surface area contributed by atoms with Crippen molar-refractivity contribution in [2.75, 3.05) is 39.4 Å². The van der Waals surface area contributed by atoms with Crippen LogP contribution in [0.4, 0.5) is 0 Å². The van der Waals surface area contributed by atoms with Gasteiger partial charge in [-0.2, -0.15) is 0 Å². The summed E-state index contributed by atoms with van der Waals surface area (Å²) in [6.45, 7) is 13.9. The van der Waals surface area contributed by atoms with Crippen LogP contribution in [0.3, 0.4) is 0 Å². The van der Waals surface area contributed by atoms with E-state index in [1.807, 2.05) is 4.90 Å². The molecule has 0 bridgehead atoms. The average molecular weight is 347 g/mol. The highest BCUT2D eigenvalue weighted by Gasteiger charge is 2.31. The molecule has 0 radical (unpaired) electrons. The highest BCUT2D eigenvalue weighted by atomic mass is 16.5. The number of morpholine rings is 1. The molecule has 3 rings (SSSR count). The monoisotopic (exact) mass is 346 g/mol. The van der Waals surface area contributed by atoms with Crippen molar-refractivity contribution in [1.29, 1.82) is 0 Å². The van der Waals surface area contributed by atoms with Gasteiger partial charge in [-0.15, -0.1) is 0 Å². The van der Waals surface area contributed by atoms with Crippen LogP contribution >= 0.6 is 0 Å². The lowest BCUT2D eigenvalue weighted by atomic mass is 9.77. The van der Waals surface area contributed by atoms with Gasteiger partial charge >= 0.3 is 0 Å². The molecule has 0 N–H and O–H groups in total. The smallest absolute Gasteiger partial charge is 0.225 e. The molecule has 1 amide bonds. The maximum atomic E-state index is 12.6. The van der Waals surface area contributed by atoms with Crippen molar-refractivity contribution in [1.82, 2.24) is 9.80 Å². The molecule has 25 heavy (non-hydrogen) atoms. The first-order valence-electron chi connectivity index (χ1n) is 10.1. The second-order valence-corrected chi connectivity index (χ2v) is 7.90. The molecule has 2 saturated heterocycles. The molecule has 4 nitrogen and oxygen atoms in total. The minimum Gasteiger partial charge on any atom is -0.378 e. The van der Waals surface area contributed by atoms with Crippen LogP contribution in [0.15, 0.2) is 24.4 Å². The summed E-state index contributed by atoms with van der Waals surface area (Å²) in [5, 5.41) is 0. The Balaban J connectivity index is 1.38. The third-order valence-electron chi connectivity index (χ3n) is 6.26. The molecule has 0 aromatic rings. The minimum atomic E-state index is 0.224. The van der Waals surface area contributed by atoms with Crippen molar-refractivity contribution in [3.63, 3.8) is 0 Å². The molecule has 2 aliphatic heterocycles. The summed E-state index contributed by atoms with van der Waals surface area (Å²) in [5.74, 6) is 1.18. The molecular formula is C21H34N2O2. The maximum Gasteiger partial charge on any atom is 0.225 e. The Morgan fingerprint density at radius 2 is 1.44 bits per heavy atom. The van der Waals surface area contributed by atoms with Crippen LogP contribution in [-0.2, 0) is 9.53 Å². The fourth-order valence-electron chi connectivity index (χ4n) is 4.49. The molecule has 3 fully saturated rings. The zero-order valence-corrected chi connectivity index (χ0v) is 15.7. The van der Waals surface area contributed by atoms with E-state index >= 15 is 0 Å². The maximum absolute atomic E-state index is 12.6. The topological polar surface area (TPSA) is 32.8 Å². The normalized spacial score (nSPS) is 27.4. The van der Waals surface area contributed by atoms with Gasteiger partial charge in [0.1, 0.15) is 0 Å². The molecule has 4 heteroatoms. The van der Waals surface area contributed by atoms with Crippen LogP contribution in [0.2, 0.25) is 0 Å². The molecule has 0 aromatic carbocycles. The highest BCUT2D eigenvalue weighted by Crippen LogP contribution is 2.36. The lowest BCUT2D eigenvalue weighted by molar-refractivity contribution is -0.140. The summed E-state index contributed by atoms with van der Waals surface area (Å²) in [4.78, 5) is 17.1.